The van der Waals surface area contributed by atoms with Crippen molar-refractivity contribution in [1.29, 1.82) is 0 Å². The number of fused-ring (bicyclic) bond motifs is 1. The Balaban J connectivity index is 0.00000117. The van der Waals surface area contributed by atoms with Crippen molar-refractivity contribution in [3.63, 3.8) is 0 Å². The van der Waals surface area contributed by atoms with Crippen LogP contribution in [0.5, 0.6) is 5.75 Å². The van der Waals surface area contributed by atoms with Gasteiger partial charge in [0.2, 0.25) is 0 Å². The maximum atomic E-state index is 5.81. The molecule has 7 heteroatoms. The molecule has 0 unspecified atom stereocenters. The van der Waals surface area contributed by atoms with Crippen LogP contribution in [0.2, 0.25) is 0 Å². The van der Waals surface area contributed by atoms with Gasteiger partial charge in [-0.2, -0.15) is 4.99 Å². The molecule has 0 spiro atoms. The first-order chi connectivity index (χ1) is 14.1. The van der Waals surface area contributed by atoms with Crippen molar-refractivity contribution in [1.82, 2.24) is 24.8 Å². The third-order valence-electron chi connectivity index (χ3n) is 4.68. The lowest BCUT2D eigenvalue weighted by Gasteiger charge is -2.18. The third-order valence-corrected chi connectivity index (χ3v) is 4.68. The van der Waals surface area contributed by atoms with Crippen LogP contribution in [-0.2, 0) is 0 Å². The van der Waals surface area contributed by atoms with Gasteiger partial charge in [0, 0.05) is 42.2 Å². The first-order valence-corrected chi connectivity index (χ1v) is 10.0. The predicted molar refractivity (Wildman–Crippen MR) is 117 cm³/mol. The number of hydrogen-bond acceptors (Lipinski definition) is 6. The zero-order valence-corrected chi connectivity index (χ0v) is 17.6. The van der Waals surface area contributed by atoms with E-state index in [1.807, 2.05) is 40.0 Å². The molecule has 4 heterocycles. The number of pyridine rings is 1. The van der Waals surface area contributed by atoms with Crippen molar-refractivity contribution in [3.05, 3.63) is 47.2 Å². The van der Waals surface area contributed by atoms with E-state index < -0.39 is 0 Å². The van der Waals surface area contributed by atoms with Gasteiger partial charge in [0.1, 0.15) is 12.1 Å². The highest BCUT2D eigenvalue weighted by Gasteiger charge is 2.18. The van der Waals surface area contributed by atoms with Gasteiger partial charge in [0.15, 0.2) is 11.6 Å². The summed E-state index contributed by atoms with van der Waals surface area (Å²) in [6.07, 6.45) is 8.84. The zero-order chi connectivity index (χ0) is 20.8. The normalized spacial score (nSPS) is 15.2. The highest BCUT2D eigenvalue weighted by molar-refractivity contribution is 5.86. The van der Waals surface area contributed by atoms with Crippen molar-refractivity contribution in [3.8, 4) is 5.75 Å². The summed E-state index contributed by atoms with van der Waals surface area (Å²) >= 11 is 0. The molecule has 1 fully saturated rings. The van der Waals surface area contributed by atoms with Gasteiger partial charge in [-0.05, 0) is 25.8 Å². The van der Waals surface area contributed by atoms with Crippen LogP contribution in [0.4, 0.5) is 0 Å². The van der Waals surface area contributed by atoms with Crippen molar-refractivity contribution < 1.29 is 4.74 Å². The summed E-state index contributed by atoms with van der Waals surface area (Å²) in [6, 6.07) is 2.01. The van der Waals surface area contributed by atoms with Gasteiger partial charge >= 0.3 is 0 Å². The number of aliphatic imine (C=N–C) groups is 1. The lowest BCUT2D eigenvalue weighted by Crippen LogP contribution is -2.31. The minimum atomic E-state index is 0.534. The molecule has 0 bridgehead atoms. The Hall–Kier alpha value is -3.22. The molecule has 1 aliphatic heterocycles. The number of nitrogens with zero attached hydrogens (tertiary/aromatic N) is 5. The molecule has 0 aromatic carbocycles. The highest BCUT2D eigenvalue weighted by Crippen LogP contribution is 2.18. The number of hydrogen-bond donors (Lipinski definition) is 1. The lowest BCUT2D eigenvalue weighted by atomic mass is 10.2. The summed E-state index contributed by atoms with van der Waals surface area (Å²) in [5.74, 6) is 1.98. The summed E-state index contributed by atoms with van der Waals surface area (Å²) in [7, 11) is 0. The maximum absolute atomic E-state index is 5.81. The lowest BCUT2D eigenvalue weighted by molar-refractivity contribution is 0.475. The molecule has 0 aliphatic carbocycles. The Morgan fingerprint density at radius 2 is 1.90 bits per heavy atom. The summed E-state index contributed by atoms with van der Waals surface area (Å²) < 4.78 is 5.81. The van der Waals surface area contributed by atoms with E-state index in [9.17, 15) is 0 Å². The molecule has 1 N–H and O–H groups in total. The molecule has 0 radical (unpaired) electrons. The average molecular weight is 393 g/mol. The van der Waals surface area contributed by atoms with Crippen molar-refractivity contribution in [2.75, 3.05) is 13.1 Å². The van der Waals surface area contributed by atoms with Crippen molar-refractivity contribution >= 4 is 29.2 Å². The smallest absolute Gasteiger partial charge is 0.193 e. The second kappa shape index (κ2) is 9.32. The fraction of sp³-hybridized carbons (Fsp3) is 0.364. The number of aromatic nitrogens is 4. The van der Waals surface area contributed by atoms with Crippen LogP contribution in [0.15, 0.2) is 36.0 Å². The van der Waals surface area contributed by atoms with Crippen molar-refractivity contribution in [2.24, 2.45) is 4.99 Å². The predicted octanol–water partition coefficient (Wildman–Crippen LogP) is 2.76. The van der Waals surface area contributed by atoms with Crippen LogP contribution in [-0.4, -0.2) is 43.8 Å². The molecule has 7 nitrogen and oxygen atoms in total. The number of rotatable bonds is 3. The molecule has 3 aromatic rings. The monoisotopic (exact) mass is 392 g/mol. The fourth-order valence-electron chi connectivity index (χ4n) is 3.46. The molecule has 1 aliphatic rings. The summed E-state index contributed by atoms with van der Waals surface area (Å²) in [4.78, 5) is 22.8. The van der Waals surface area contributed by atoms with E-state index >= 15 is 0 Å². The molecular formula is C22H28N6O. The number of likely N-dealkylation sites (tertiary alicyclic amines) is 1. The number of nitrogens with one attached hydrogen (secondary N) is 1. The highest BCUT2D eigenvalue weighted by atomic mass is 16.5. The molecule has 0 atom stereocenters. The summed E-state index contributed by atoms with van der Waals surface area (Å²) in [5, 5.41) is 2.92. The first kappa shape index (κ1) is 20.5. The van der Waals surface area contributed by atoms with Crippen LogP contribution in [0.1, 0.15) is 39.3 Å². The topological polar surface area (TPSA) is 79.3 Å². The van der Waals surface area contributed by atoms with Crippen LogP contribution in [0, 0.1) is 6.92 Å². The maximum Gasteiger partial charge on any atom is 0.193 e. The van der Waals surface area contributed by atoms with Crippen LogP contribution >= 0.6 is 0 Å². The molecule has 152 valence electrons. The SMILES string of the molecule is C=c1[nH]c2c(C)nccc2/c1=C(/N=C(\C)Oc1cncnc1)N1CCCC1.CC. The van der Waals surface area contributed by atoms with Crippen LogP contribution < -0.4 is 15.3 Å². The molecular weight excluding hydrogens is 364 g/mol. The number of H-pyrrole nitrogens is 1. The molecule has 1 saturated heterocycles. The van der Waals surface area contributed by atoms with E-state index in [1.165, 1.54) is 6.33 Å². The second-order valence-electron chi connectivity index (χ2n) is 6.62. The average Bonchev–Trinajstić information content (AvgIpc) is 3.37. The summed E-state index contributed by atoms with van der Waals surface area (Å²) in [5.41, 5.74) is 1.95. The minimum absolute atomic E-state index is 0.534. The fourth-order valence-corrected chi connectivity index (χ4v) is 3.46. The number of aryl methyl sites for hydroxylation is 1. The minimum Gasteiger partial charge on any atom is -0.440 e. The van der Waals surface area contributed by atoms with Gasteiger partial charge in [0.05, 0.1) is 23.6 Å². The van der Waals surface area contributed by atoms with E-state index in [2.05, 4.69) is 31.4 Å². The first-order valence-electron chi connectivity index (χ1n) is 10.0. The van der Waals surface area contributed by atoms with Gasteiger partial charge in [-0.3, -0.25) is 4.98 Å². The van der Waals surface area contributed by atoms with E-state index in [0.717, 1.165) is 58.9 Å². The van der Waals surface area contributed by atoms with Crippen LogP contribution in [0.25, 0.3) is 23.3 Å². The Bertz CT molecular complexity index is 1100. The van der Waals surface area contributed by atoms with Crippen molar-refractivity contribution in [2.45, 2.75) is 40.5 Å². The molecule has 29 heavy (non-hydrogen) atoms. The van der Waals surface area contributed by atoms with E-state index in [1.54, 1.807) is 12.4 Å². The van der Waals surface area contributed by atoms with Crippen LogP contribution in [0.3, 0.4) is 0 Å². The molecule has 0 amide bonds. The quantitative estimate of drug-likeness (QED) is 0.548. The van der Waals surface area contributed by atoms with E-state index in [-0.39, 0.29) is 0 Å². The standard InChI is InChI=1S/C20H22N6O.C2H6/c1-13-18(17-6-7-23-14(2)19(17)24-13)20(26-8-4-5-9-26)25-15(3)27-16-10-21-12-22-11-16;1-2/h6-7,10-12,24H,1,4-5,8-9H2,2-3H3;1-2H3/b20-18-,25-15+;. The summed E-state index contributed by atoms with van der Waals surface area (Å²) in [6.45, 7) is 14.0. The van der Waals surface area contributed by atoms with Gasteiger partial charge in [0.25, 0.3) is 0 Å². The van der Waals surface area contributed by atoms with Gasteiger partial charge in [-0.25, -0.2) is 9.97 Å². The Kier molecular flexibility index (Phi) is 6.59. The Morgan fingerprint density at radius 1 is 1.21 bits per heavy atom. The molecule has 4 rings (SSSR count). The van der Waals surface area contributed by atoms with Gasteiger partial charge < -0.3 is 14.6 Å². The molecule has 3 aromatic heterocycles. The number of aromatic amines is 1. The van der Waals surface area contributed by atoms with E-state index in [4.69, 9.17) is 9.73 Å². The Labute approximate surface area is 170 Å². The second-order valence-corrected chi connectivity index (χ2v) is 6.62. The largest absolute Gasteiger partial charge is 0.440 e. The van der Waals surface area contributed by atoms with Gasteiger partial charge in [-0.15, -0.1) is 0 Å². The molecule has 0 saturated carbocycles. The Morgan fingerprint density at radius 3 is 2.59 bits per heavy atom. The third kappa shape index (κ3) is 4.45. The zero-order valence-electron chi connectivity index (χ0n) is 17.6. The number of ether oxygens (including phenoxy) is 1. The van der Waals surface area contributed by atoms with E-state index in [0.29, 0.717) is 11.6 Å². The van der Waals surface area contributed by atoms with Gasteiger partial charge in [-0.1, -0.05) is 20.4 Å².